The van der Waals surface area contributed by atoms with Gasteiger partial charge in [-0.2, -0.15) is 5.26 Å². The Bertz CT molecular complexity index is 464. The summed E-state index contributed by atoms with van der Waals surface area (Å²) in [5.74, 6) is 0. The van der Waals surface area contributed by atoms with Gasteiger partial charge in [-0.05, 0) is 26.3 Å². The van der Waals surface area contributed by atoms with Gasteiger partial charge in [-0.15, -0.1) is 0 Å². The summed E-state index contributed by atoms with van der Waals surface area (Å²) in [4.78, 5) is 6.55. The van der Waals surface area contributed by atoms with Gasteiger partial charge in [0, 0.05) is 25.9 Å². The zero-order valence-electron chi connectivity index (χ0n) is 10.5. The highest BCUT2D eigenvalue weighted by atomic mass is 16.5. The minimum atomic E-state index is 0.273. The van der Waals surface area contributed by atoms with Crippen molar-refractivity contribution in [2.75, 3.05) is 25.1 Å². The van der Waals surface area contributed by atoms with Gasteiger partial charge < -0.3 is 9.64 Å². The summed E-state index contributed by atoms with van der Waals surface area (Å²) in [7, 11) is 1.74. The van der Waals surface area contributed by atoms with E-state index in [-0.39, 0.29) is 6.10 Å². The average molecular weight is 231 g/mol. The van der Waals surface area contributed by atoms with E-state index in [9.17, 15) is 5.26 Å². The summed E-state index contributed by atoms with van der Waals surface area (Å²) < 4.78 is 5.36. The molecule has 0 amide bonds. The molecule has 0 aromatic carbocycles. The first-order valence-electron chi connectivity index (χ1n) is 5.81. The number of aryl methyl sites for hydroxylation is 2. The highest BCUT2D eigenvalue weighted by Gasteiger charge is 2.25. The summed E-state index contributed by atoms with van der Waals surface area (Å²) in [6.07, 6.45) is 1.29. The highest BCUT2D eigenvalue weighted by molar-refractivity contribution is 5.62. The van der Waals surface area contributed by atoms with Gasteiger partial charge in [-0.25, -0.2) is 0 Å². The van der Waals surface area contributed by atoms with Crippen LogP contribution < -0.4 is 4.90 Å². The number of nitriles is 1. The predicted octanol–water partition coefficient (Wildman–Crippen LogP) is 1.80. The molecule has 1 fully saturated rings. The molecule has 1 atom stereocenters. The first kappa shape index (κ1) is 11.9. The molecule has 1 aromatic rings. The Hall–Kier alpha value is -1.60. The lowest BCUT2D eigenvalue weighted by Gasteiger charge is -2.20. The van der Waals surface area contributed by atoms with E-state index in [1.807, 2.05) is 19.9 Å². The molecule has 90 valence electrons. The molecular formula is C13H17N3O. The minimum Gasteiger partial charge on any atom is -0.380 e. The van der Waals surface area contributed by atoms with E-state index in [1.165, 1.54) is 0 Å². The van der Waals surface area contributed by atoms with E-state index in [2.05, 4.69) is 16.0 Å². The van der Waals surface area contributed by atoms with Crippen LogP contribution in [0.4, 0.5) is 5.69 Å². The van der Waals surface area contributed by atoms with Crippen molar-refractivity contribution in [3.8, 4) is 6.07 Å². The average Bonchev–Trinajstić information content (AvgIpc) is 2.76. The fourth-order valence-corrected chi connectivity index (χ4v) is 2.34. The van der Waals surface area contributed by atoms with E-state index in [4.69, 9.17) is 4.74 Å². The summed E-state index contributed by atoms with van der Waals surface area (Å²) in [6.45, 7) is 5.64. The van der Waals surface area contributed by atoms with Crippen molar-refractivity contribution in [3.05, 3.63) is 23.0 Å². The van der Waals surface area contributed by atoms with Crippen molar-refractivity contribution < 1.29 is 4.74 Å². The number of hydrogen-bond acceptors (Lipinski definition) is 4. The molecular weight excluding hydrogens is 214 g/mol. The summed E-state index contributed by atoms with van der Waals surface area (Å²) in [5.41, 5.74) is 3.45. The maximum absolute atomic E-state index is 9.23. The first-order chi connectivity index (χ1) is 8.15. The third-order valence-electron chi connectivity index (χ3n) is 3.24. The standard InChI is InChI=1S/C13H17N3O/c1-9-6-13(12(7-14)10(2)15-9)16-5-4-11(8-16)17-3/h6,11H,4-5,8H2,1-3H3. The number of anilines is 1. The van der Waals surface area contributed by atoms with E-state index in [0.29, 0.717) is 5.56 Å². The predicted molar refractivity (Wildman–Crippen MR) is 66.1 cm³/mol. The second-order valence-electron chi connectivity index (χ2n) is 4.45. The molecule has 0 saturated carbocycles. The van der Waals surface area contributed by atoms with Gasteiger partial charge in [0.15, 0.2) is 0 Å². The number of ether oxygens (including phenoxy) is 1. The molecule has 1 saturated heterocycles. The second kappa shape index (κ2) is 4.72. The largest absolute Gasteiger partial charge is 0.380 e. The van der Waals surface area contributed by atoms with Crippen LogP contribution in [0.5, 0.6) is 0 Å². The summed E-state index contributed by atoms with van der Waals surface area (Å²) in [5, 5.41) is 9.23. The van der Waals surface area contributed by atoms with Crippen molar-refractivity contribution in [3.63, 3.8) is 0 Å². The lowest BCUT2D eigenvalue weighted by Crippen LogP contribution is -2.23. The van der Waals surface area contributed by atoms with Gasteiger partial charge in [0.05, 0.1) is 23.0 Å². The molecule has 0 bridgehead atoms. The molecule has 2 rings (SSSR count). The Balaban J connectivity index is 2.36. The van der Waals surface area contributed by atoms with Gasteiger partial charge in [0.1, 0.15) is 6.07 Å². The maximum atomic E-state index is 9.23. The highest BCUT2D eigenvalue weighted by Crippen LogP contribution is 2.27. The van der Waals surface area contributed by atoms with E-state index < -0.39 is 0 Å². The number of pyridine rings is 1. The quantitative estimate of drug-likeness (QED) is 0.778. The fraction of sp³-hybridized carbons (Fsp3) is 0.538. The number of rotatable bonds is 2. The molecule has 2 heterocycles. The van der Waals surface area contributed by atoms with Crippen molar-refractivity contribution >= 4 is 5.69 Å². The van der Waals surface area contributed by atoms with Gasteiger partial charge in [0.2, 0.25) is 0 Å². The Morgan fingerprint density at radius 2 is 2.29 bits per heavy atom. The Morgan fingerprint density at radius 3 is 2.88 bits per heavy atom. The molecule has 1 aliphatic heterocycles. The molecule has 0 N–H and O–H groups in total. The minimum absolute atomic E-state index is 0.273. The SMILES string of the molecule is COC1CCN(c2cc(C)nc(C)c2C#N)C1. The lowest BCUT2D eigenvalue weighted by atomic mass is 10.1. The topological polar surface area (TPSA) is 49.1 Å². The van der Waals surface area contributed by atoms with Crippen molar-refractivity contribution in [1.82, 2.24) is 4.98 Å². The fourth-order valence-electron chi connectivity index (χ4n) is 2.34. The number of aromatic nitrogens is 1. The molecule has 0 spiro atoms. The van der Waals surface area contributed by atoms with Gasteiger partial charge in [0.25, 0.3) is 0 Å². The van der Waals surface area contributed by atoms with Crippen molar-refractivity contribution in [1.29, 1.82) is 5.26 Å². The van der Waals surface area contributed by atoms with Crippen LogP contribution in [0.25, 0.3) is 0 Å². The zero-order chi connectivity index (χ0) is 12.4. The smallest absolute Gasteiger partial charge is 0.103 e. The van der Waals surface area contributed by atoms with Crippen LogP contribution in [0.2, 0.25) is 0 Å². The monoisotopic (exact) mass is 231 g/mol. The molecule has 4 nitrogen and oxygen atoms in total. The molecule has 0 radical (unpaired) electrons. The third kappa shape index (κ3) is 2.25. The molecule has 1 unspecified atom stereocenters. The first-order valence-corrected chi connectivity index (χ1v) is 5.81. The second-order valence-corrected chi connectivity index (χ2v) is 4.45. The molecule has 1 aromatic heterocycles. The molecule has 0 aliphatic carbocycles. The molecule has 4 heteroatoms. The van der Waals surface area contributed by atoms with Crippen molar-refractivity contribution in [2.45, 2.75) is 26.4 Å². The third-order valence-corrected chi connectivity index (χ3v) is 3.24. The molecule has 17 heavy (non-hydrogen) atoms. The summed E-state index contributed by atoms with van der Waals surface area (Å²) in [6, 6.07) is 4.25. The van der Waals surface area contributed by atoms with E-state index in [0.717, 1.165) is 36.6 Å². The maximum Gasteiger partial charge on any atom is 0.103 e. The number of hydrogen-bond donors (Lipinski definition) is 0. The Labute approximate surface area is 102 Å². The van der Waals surface area contributed by atoms with Crippen LogP contribution in [0.1, 0.15) is 23.4 Å². The van der Waals surface area contributed by atoms with Crippen LogP contribution in [0.15, 0.2) is 6.07 Å². The van der Waals surface area contributed by atoms with E-state index in [1.54, 1.807) is 7.11 Å². The van der Waals surface area contributed by atoms with Crippen LogP contribution in [-0.2, 0) is 4.74 Å². The summed E-state index contributed by atoms with van der Waals surface area (Å²) >= 11 is 0. The van der Waals surface area contributed by atoms with Crippen molar-refractivity contribution in [2.24, 2.45) is 0 Å². The normalized spacial score (nSPS) is 19.4. The van der Waals surface area contributed by atoms with Crippen LogP contribution in [0.3, 0.4) is 0 Å². The van der Waals surface area contributed by atoms with Gasteiger partial charge >= 0.3 is 0 Å². The van der Waals surface area contributed by atoms with Gasteiger partial charge in [-0.3, -0.25) is 4.98 Å². The van der Waals surface area contributed by atoms with Crippen LogP contribution in [0, 0.1) is 25.2 Å². The Kier molecular flexibility index (Phi) is 3.30. The Morgan fingerprint density at radius 1 is 1.53 bits per heavy atom. The van der Waals surface area contributed by atoms with Crippen LogP contribution in [-0.4, -0.2) is 31.3 Å². The molecule has 1 aliphatic rings. The van der Waals surface area contributed by atoms with E-state index >= 15 is 0 Å². The number of nitrogens with zero attached hydrogens (tertiary/aromatic N) is 3. The van der Waals surface area contributed by atoms with Crippen LogP contribution >= 0.6 is 0 Å². The lowest BCUT2D eigenvalue weighted by molar-refractivity contribution is 0.121. The zero-order valence-corrected chi connectivity index (χ0v) is 10.5. The number of methoxy groups -OCH3 is 1. The van der Waals surface area contributed by atoms with Gasteiger partial charge in [-0.1, -0.05) is 0 Å².